The fraction of sp³-hybridized carbons (Fsp3) is 0.333. The maximum Gasteiger partial charge on any atom is 0.150 e. The van der Waals surface area contributed by atoms with E-state index in [1.165, 1.54) is 0 Å². The molecule has 2 heterocycles. The van der Waals surface area contributed by atoms with Gasteiger partial charge >= 0.3 is 0 Å². The third-order valence-electron chi connectivity index (χ3n) is 2.49. The summed E-state index contributed by atoms with van der Waals surface area (Å²) >= 11 is 0. The summed E-state index contributed by atoms with van der Waals surface area (Å²) in [6.07, 6.45) is 10.8. The molecule has 0 N–H and O–H groups in total. The monoisotopic (exact) mass is 244 g/mol. The van der Waals surface area contributed by atoms with Gasteiger partial charge in [-0.25, -0.2) is 9.97 Å². The maximum absolute atomic E-state index is 4.27. The predicted molar refractivity (Wildman–Crippen MR) is 71.3 cm³/mol. The molecule has 2 aromatic rings. The highest BCUT2D eigenvalue weighted by Gasteiger charge is 1.93. The van der Waals surface area contributed by atoms with Gasteiger partial charge in [0, 0.05) is 38.9 Å². The van der Waals surface area contributed by atoms with Crippen molar-refractivity contribution in [3.05, 3.63) is 36.4 Å². The summed E-state index contributed by atoms with van der Waals surface area (Å²) in [5, 5.41) is 0. The van der Waals surface area contributed by atoms with Crippen LogP contribution < -0.4 is 0 Å². The highest BCUT2D eigenvalue weighted by Crippen LogP contribution is 1.90. The van der Waals surface area contributed by atoms with Crippen LogP contribution in [0.1, 0.15) is 11.6 Å². The molecule has 0 radical (unpaired) electrons. The third-order valence-corrected chi connectivity index (χ3v) is 2.49. The Kier molecular flexibility index (Phi) is 4.01. The second kappa shape index (κ2) is 5.90. The van der Waals surface area contributed by atoms with Gasteiger partial charge in [0.2, 0.25) is 0 Å². The Morgan fingerprint density at radius 3 is 1.72 bits per heavy atom. The first-order valence-electron chi connectivity index (χ1n) is 5.71. The lowest BCUT2D eigenvalue weighted by atomic mass is 10.6. The third kappa shape index (κ3) is 3.13. The first kappa shape index (κ1) is 12.2. The van der Waals surface area contributed by atoms with Crippen LogP contribution in [0.25, 0.3) is 0 Å². The number of aryl methyl sites for hydroxylation is 2. The van der Waals surface area contributed by atoms with Crippen molar-refractivity contribution in [3.8, 4) is 0 Å². The Morgan fingerprint density at radius 1 is 0.944 bits per heavy atom. The molecule has 0 unspecified atom stereocenters. The van der Waals surface area contributed by atoms with Gasteiger partial charge in [0.1, 0.15) is 11.6 Å². The molecule has 0 aromatic carbocycles. The summed E-state index contributed by atoms with van der Waals surface area (Å²) < 4.78 is 3.83. The fourth-order valence-corrected chi connectivity index (χ4v) is 1.41. The molecule has 0 saturated heterocycles. The Morgan fingerprint density at radius 2 is 1.39 bits per heavy atom. The van der Waals surface area contributed by atoms with E-state index in [4.69, 9.17) is 0 Å². The summed E-state index contributed by atoms with van der Waals surface area (Å²) in [4.78, 5) is 16.8. The first-order valence-corrected chi connectivity index (χ1v) is 5.71. The lowest BCUT2D eigenvalue weighted by Crippen LogP contribution is -1.98. The van der Waals surface area contributed by atoms with Crippen LogP contribution in [-0.2, 0) is 14.1 Å². The molecule has 2 rings (SSSR count). The van der Waals surface area contributed by atoms with Crippen molar-refractivity contribution in [1.29, 1.82) is 0 Å². The van der Waals surface area contributed by atoms with Gasteiger partial charge < -0.3 is 9.13 Å². The summed E-state index contributed by atoms with van der Waals surface area (Å²) in [6, 6.07) is 0. The van der Waals surface area contributed by atoms with Crippen molar-refractivity contribution in [2.45, 2.75) is 0 Å². The van der Waals surface area contributed by atoms with Crippen molar-refractivity contribution in [3.63, 3.8) is 0 Å². The molecule has 0 aliphatic heterocycles. The Hall–Kier alpha value is -2.24. The zero-order chi connectivity index (χ0) is 12.8. The summed E-state index contributed by atoms with van der Waals surface area (Å²) in [5.41, 5.74) is 0. The van der Waals surface area contributed by atoms with Crippen LogP contribution in [-0.4, -0.2) is 44.6 Å². The summed E-state index contributed by atoms with van der Waals surface area (Å²) in [5.74, 6) is 1.70. The summed E-state index contributed by atoms with van der Waals surface area (Å²) in [7, 11) is 3.88. The quantitative estimate of drug-likeness (QED) is 0.574. The topological polar surface area (TPSA) is 60.4 Å². The predicted octanol–water partition coefficient (Wildman–Crippen LogP) is 0.692. The zero-order valence-corrected chi connectivity index (χ0v) is 10.6. The van der Waals surface area contributed by atoms with Crippen LogP contribution in [0.3, 0.4) is 0 Å². The molecule has 0 fully saturated rings. The number of aliphatic imine (C=N–C) groups is 2. The number of rotatable bonds is 5. The van der Waals surface area contributed by atoms with Crippen molar-refractivity contribution in [2.24, 2.45) is 24.1 Å². The van der Waals surface area contributed by atoms with E-state index in [0.29, 0.717) is 13.1 Å². The number of hydrogen-bond donors (Lipinski definition) is 0. The normalized spacial score (nSPS) is 11.9. The van der Waals surface area contributed by atoms with E-state index in [0.717, 1.165) is 11.6 Å². The Bertz CT molecular complexity index is 498. The average Bonchev–Trinajstić information content (AvgIpc) is 2.94. The molecule has 0 atom stereocenters. The Labute approximate surface area is 106 Å². The molecule has 6 heteroatoms. The van der Waals surface area contributed by atoms with Gasteiger partial charge in [0.15, 0.2) is 0 Å². The molecule has 6 nitrogen and oxygen atoms in total. The summed E-state index contributed by atoms with van der Waals surface area (Å²) in [6.45, 7) is 1.29. The van der Waals surface area contributed by atoms with E-state index in [-0.39, 0.29) is 0 Å². The second-order valence-corrected chi connectivity index (χ2v) is 3.86. The van der Waals surface area contributed by atoms with E-state index in [9.17, 15) is 0 Å². The molecule has 0 bridgehead atoms. The van der Waals surface area contributed by atoms with Gasteiger partial charge in [-0.05, 0) is 0 Å². The maximum atomic E-state index is 4.27. The molecule has 2 aromatic heterocycles. The van der Waals surface area contributed by atoms with Crippen LogP contribution >= 0.6 is 0 Å². The number of imidazole rings is 2. The van der Waals surface area contributed by atoms with Gasteiger partial charge in [0.25, 0.3) is 0 Å². The molecule has 0 saturated carbocycles. The second-order valence-electron chi connectivity index (χ2n) is 3.86. The smallest absolute Gasteiger partial charge is 0.150 e. The highest BCUT2D eigenvalue weighted by atomic mass is 15.0. The van der Waals surface area contributed by atoms with Gasteiger partial charge in [-0.3, -0.25) is 9.98 Å². The standard InChI is InChI=1S/C12H16N6/c1-17-7-5-15-11(17)9-13-3-4-14-10-12-16-6-8-18(12)2/h5-10H,3-4H2,1-2H3/b13-9+,14-10+. The SMILES string of the molecule is Cn1ccnc1/C=N/CC/N=C/c1nccn1C. The van der Waals surface area contributed by atoms with Crippen LogP contribution in [0.15, 0.2) is 34.8 Å². The van der Waals surface area contributed by atoms with Gasteiger partial charge in [-0.1, -0.05) is 0 Å². The van der Waals surface area contributed by atoms with E-state index in [1.807, 2.05) is 35.6 Å². The molecule has 0 aliphatic carbocycles. The van der Waals surface area contributed by atoms with Crippen LogP contribution in [0.2, 0.25) is 0 Å². The van der Waals surface area contributed by atoms with Crippen LogP contribution in [0.4, 0.5) is 0 Å². The molecule has 94 valence electrons. The molecule has 0 spiro atoms. The number of nitrogens with zero attached hydrogens (tertiary/aromatic N) is 6. The first-order chi connectivity index (χ1) is 8.77. The lowest BCUT2D eigenvalue weighted by Gasteiger charge is -1.94. The van der Waals surface area contributed by atoms with E-state index in [2.05, 4.69) is 20.0 Å². The molecular formula is C12H16N6. The van der Waals surface area contributed by atoms with Gasteiger partial charge in [-0.2, -0.15) is 0 Å². The van der Waals surface area contributed by atoms with E-state index >= 15 is 0 Å². The van der Waals surface area contributed by atoms with Crippen molar-refractivity contribution < 1.29 is 0 Å². The largest absolute Gasteiger partial charge is 0.333 e. The minimum atomic E-state index is 0.647. The Balaban J connectivity index is 1.77. The number of aromatic nitrogens is 4. The average molecular weight is 244 g/mol. The zero-order valence-electron chi connectivity index (χ0n) is 10.6. The van der Waals surface area contributed by atoms with Gasteiger partial charge in [0.05, 0.1) is 25.5 Å². The minimum Gasteiger partial charge on any atom is -0.333 e. The molecule has 0 aliphatic rings. The van der Waals surface area contributed by atoms with Crippen LogP contribution in [0.5, 0.6) is 0 Å². The highest BCUT2D eigenvalue weighted by molar-refractivity contribution is 5.75. The number of hydrogen-bond acceptors (Lipinski definition) is 4. The molecular weight excluding hydrogens is 228 g/mol. The fourth-order valence-electron chi connectivity index (χ4n) is 1.41. The van der Waals surface area contributed by atoms with Gasteiger partial charge in [-0.15, -0.1) is 0 Å². The molecule has 18 heavy (non-hydrogen) atoms. The lowest BCUT2D eigenvalue weighted by molar-refractivity contribution is 0.892. The minimum absolute atomic E-state index is 0.647. The van der Waals surface area contributed by atoms with Crippen LogP contribution in [0, 0.1) is 0 Å². The molecule has 0 amide bonds. The van der Waals surface area contributed by atoms with Crippen molar-refractivity contribution in [2.75, 3.05) is 13.1 Å². The van der Waals surface area contributed by atoms with Crippen molar-refractivity contribution in [1.82, 2.24) is 19.1 Å². The van der Waals surface area contributed by atoms with E-state index in [1.54, 1.807) is 24.8 Å². The van der Waals surface area contributed by atoms with Crippen molar-refractivity contribution >= 4 is 12.4 Å². The van der Waals surface area contributed by atoms with E-state index < -0.39 is 0 Å².